The number of nitrogens with zero attached hydrogens (tertiary/aromatic N) is 2. The van der Waals surface area contributed by atoms with E-state index in [4.69, 9.17) is 16.6 Å². The number of fused-ring (bicyclic) bond motifs is 1. The minimum atomic E-state index is 0.538. The molecule has 1 unspecified atom stereocenters. The Morgan fingerprint density at radius 1 is 1.40 bits per heavy atom. The summed E-state index contributed by atoms with van der Waals surface area (Å²) in [6.45, 7) is 3.20. The van der Waals surface area contributed by atoms with Gasteiger partial charge in [0.05, 0.1) is 5.69 Å². The molecule has 3 rings (SSSR count). The second-order valence-electron chi connectivity index (χ2n) is 4.50. The Labute approximate surface area is 94.8 Å². The first-order valence-electron chi connectivity index (χ1n) is 5.82. The SMILES string of the molecule is Clc1c(C2CCNC2)nc2n1CCCC2. The predicted molar refractivity (Wildman–Crippen MR) is 60.4 cm³/mol. The average Bonchev–Trinajstić information content (AvgIpc) is 2.87. The number of imidazole rings is 1. The molecule has 0 bridgehead atoms. The monoisotopic (exact) mass is 225 g/mol. The molecule has 1 N–H and O–H groups in total. The van der Waals surface area contributed by atoms with Gasteiger partial charge < -0.3 is 9.88 Å². The van der Waals surface area contributed by atoms with Crippen LogP contribution in [-0.4, -0.2) is 22.6 Å². The van der Waals surface area contributed by atoms with Gasteiger partial charge in [-0.2, -0.15) is 0 Å². The van der Waals surface area contributed by atoms with Crippen LogP contribution in [0.15, 0.2) is 0 Å². The topological polar surface area (TPSA) is 29.9 Å². The van der Waals surface area contributed by atoms with Gasteiger partial charge in [0, 0.05) is 25.4 Å². The fraction of sp³-hybridized carbons (Fsp3) is 0.727. The van der Waals surface area contributed by atoms with Crippen molar-refractivity contribution in [2.45, 2.75) is 38.1 Å². The quantitative estimate of drug-likeness (QED) is 0.792. The molecule has 2 aliphatic heterocycles. The number of hydrogen-bond donors (Lipinski definition) is 1. The summed E-state index contributed by atoms with van der Waals surface area (Å²) in [4.78, 5) is 4.72. The highest BCUT2D eigenvalue weighted by Crippen LogP contribution is 2.31. The van der Waals surface area contributed by atoms with Gasteiger partial charge in [0.1, 0.15) is 11.0 Å². The normalized spacial score (nSPS) is 25.5. The maximum atomic E-state index is 6.40. The van der Waals surface area contributed by atoms with E-state index in [0.29, 0.717) is 5.92 Å². The van der Waals surface area contributed by atoms with Crippen LogP contribution >= 0.6 is 11.6 Å². The summed E-state index contributed by atoms with van der Waals surface area (Å²) in [7, 11) is 0. The van der Waals surface area contributed by atoms with Crippen molar-refractivity contribution in [2.75, 3.05) is 13.1 Å². The molecule has 3 heterocycles. The zero-order chi connectivity index (χ0) is 10.3. The number of aromatic nitrogens is 2. The Balaban J connectivity index is 1.97. The van der Waals surface area contributed by atoms with Gasteiger partial charge in [-0.1, -0.05) is 11.6 Å². The summed E-state index contributed by atoms with van der Waals surface area (Å²) in [6, 6.07) is 0. The number of nitrogens with one attached hydrogen (secondary N) is 1. The van der Waals surface area contributed by atoms with E-state index in [2.05, 4.69) is 9.88 Å². The lowest BCUT2D eigenvalue weighted by atomic mass is 10.1. The lowest BCUT2D eigenvalue weighted by Crippen LogP contribution is -2.10. The Morgan fingerprint density at radius 3 is 3.07 bits per heavy atom. The third kappa shape index (κ3) is 1.58. The highest BCUT2D eigenvalue weighted by molar-refractivity contribution is 6.30. The highest BCUT2D eigenvalue weighted by atomic mass is 35.5. The summed E-state index contributed by atoms with van der Waals surface area (Å²) < 4.78 is 2.21. The van der Waals surface area contributed by atoms with Gasteiger partial charge in [0.25, 0.3) is 0 Å². The molecule has 1 aromatic rings. The fourth-order valence-corrected chi connectivity index (χ4v) is 2.99. The molecule has 15 heavy (non-hydrogen) atoms. The molecule has 1 atom stereocenters. The number of aryl methyl sites for hydroxylation is 1. The van der Waals surface area contributed by atoms with Crippen LogP contribution in [0.25, 0.3) is 0 Å². The molecule has 4 heteroatoms. The van der Waals surface area contributed by atoms with E-state index in [0.717, 1.165) is 36.9 Å². The van der Waals surface area contributed by atoms with E-state index < -0.39 is 0 Å². The standard InChI is InChI=1S/C11H16ClN3/c12-11-10(8-4-5-13-7-8)14-9-3-1-2-6-15(9)11/h8,13H,1-7H2. The van der Waals surface area contributed by atoms with E-state index in [1.807, 2.05) is 0 Å². The van der Waals surface area contributed by atoms with Crippen LogP contribution in [0.4, 0.5) is 0 Å². The largest absolute Gasteiger partial charge is 0.319 e. The Morgan fingerprint density at radius 2 is 2.33 bits per heavy atom. The maximum absolute atomic E-state index is 6.40. The molecule has 2 aliphatic rings. The lowest BCUT2D eigenvalue weighted by Gasteiger charge is -2.13. The maximum Gasteiger partial charge on any atom is 0.132 e. The zero-order valence-corrected chi connectivity index (χ0v) is 9.56. The van der Waals surface area contributed by atoms with Crippen molar-refractivity contribution >= 4 is 11.6 Å². The van der Waals surface area contributed by atoms with Crippen LogP contribution in [0.1, 0.15) is 36.7 Å². The van der Waals surface area contributed by atoms with Gasteiger partial charge in [0.15, 0.2) is 0 Å². The minimum Gasteiger partial charge on any atom is -0.319 e. The third-order valence-corrected chi connectivity index (χ3v) is 3.89. The molecule has 0 aromatic carbocycles. The van der Waals surface area contributed by atoms with Crippen molar-refractivity contribution in [2.24, 2.45) is 0 Å². The molecule has 1 fully saturated rings. The van der Waals surface area contributed by atoms with Gasteiger partial charge in [-0.15, -0.1) is 0 Å². The van der Waals surface area contributed by atoms with Gasteiger partial charge in [-0.25, -0.2) is 4.98 Å². The van der Waals surface area contributed by atoms with E-state index >= 15 is 0 Å². The molecule has 1 aromatic heterocycles. The summed E-state index contributed by atoms with van der Waals surface area (Å²) in [5, 5.41) is 4.27. The van der Waals surface area contributed by atoms with Gasteiger partial charge in [-0.3, -0.25) is 0 Å². The molecule has 1 saturated heterocycles. The number of halogens is 1. The Bertz CT molecular complexity index is 366. The second kappa shape index (κ2) is 3.80. The predicted octanol–water partition coefficient (Wildman–Crippen LogP) is 1.95. The van der Waals surface area contributed by atoms with Crippen LogP contribution in [0.2, 0.25) is 5.15 Å². The van der Waals surface area contributed by atoms with Gasteiger partial charge in [-0.05, 0) is 25.8 Å². The molecular weight excluding hydrogens is 210 g/mol. The average molecular weight is 226 g/mol. The molecule has 3 nitrogen and oxygen atoms in total. The Kier molecular flexibility index (Phi) is 2.45. The smallest absolute Gasteiger partial charge is 0.132 e. The number of rotatable bonds is 1. The first-order valence-corrected chi connectivity index (χ1v) is 6.19. The van der Waals surface area contributed by atoms with E-state index in [9.17, 15) is 0 Å². The molecule has 0 amide bonds. The van der Waals surface area contributed by atoms with Crippen LogP contribution in [-0.2, 0) is 13.0 Å². The molecule has 0 radical (unpaired) electrons. The minimum absolute atomic E-state index is 0.538. The summed E-state index contributed by atoms with van der Waals surface area (Å²) >= 11 is 6.40. The first kappa shape index (κ1) is 9.67. The van der Waals surface area contributed by atoms with E-state index in [-0.39, 0.29) is 0 Å². The Hall–Kier alpha value is -0.540. The van der Waals surface area contributed by atoms with Crippen molar-refractivity contribution in [1.82, 2.24) is 14.9 Å². The van der Waals surface area contributed by atoms with Crippen molar-refractivity contribution in [3.63, 3.8) is 0 Å². The van der Waals surface area contributed by atoms with E-state index in [1.54, 1.807) is 0 Å². The van der Waals surface area contributed by atoms with Gasteiger partial charge in [0.2, 0.25) is 0 Å². The van der Waals surface area contributed by atoms with E-state index in [1.165, 1.54) is 25.1 Å². The number of hydrogen-bond acceptors (Lipinski definition) is 2. The summed E-state index contributed by atoms with van der Waals surface area (Å²) in [5.74, 6) is 1.74. The highest BCUT2D eigenvalue weighted by Gasteiger charge is 2.26. The van der Waals surface area contributed by atoms with Crippen LogP contribution < -0.4 is 5.32 Å². The van der Waals surface area contributed by atoms with Crippen LogP contribution in [0.5, 0.6) is 0 Å². The second-order valence-corrected chi connectivity index (χ2v) is 4.86. The first-order chi connectivity index (χ1) is 7.36. The third-order valence-electron chi connectivity index (χ3n) is 3.49. The molecule has 82 valence electrons. The molecule has 0 aliphatic carbocycles. The van der Waals surface area contributed by atoms with Crippen LogP contribution in [0.3, 0.4) is 0 Å². The van der Waals surface area contributed by atoms with Crippen molar-refractivity contribution in [3.05, 3.63) is 16.7 Å². The van der Waals surface area contributed by atoms with Crippen LogP contribution in [0, 0.1) is 0 Å². The lowest BCUT2D eigenvalue weighted by molar-refractivity contribution is 0.523. The van der Waals surface area contributed by atoms with Crippen molar-refractivity contribution < 1.29 is 0 Å². The summed E-state index contributed by atoms with van der Waals surface area (Å²) in [5.41, 5.74) is 1.14. The zero-order valence-electron chi connectivity index (χ0n) is 8.80. The van der Waals surface area contributed by atoms with Crippen molar-refractivity contribution in [1.29, 1.82) is 0 Å². The summed E-state index contributed by atoms with van der Waals surface area (Å²) in [6.07, 6.45) is 4.77. The van der Waals surface area contributed by atoms with Gasteiger partial charge >= 0.3 is 0 Å². The fourth-order valence-electron chi connectivity index (χ4n) is 2.62. The molecular formula is C11H16ClN3. The molecule has 0 saturated carbocycles. The molecule has 0 spiro atoms. The van der Waals surface area contributed by atoms with Crippen molar-refractivity contribution in [3.8, 4) is 0 Å².